The Balaban J connectivity index is 1.59. The molecule has 1 aliphatic rings. The van der Waals surface area contributed by atoms with E-state index < -0.39 is 0 Å². The van der Waals surface area contributed by atoms with Crippen LogP contribution in [0.5, 0.6) is 0 Å². The summed E-state index contributed by atoms with van der Waals surface area (Å²) in [7, 11) is 0. The summed E-state index contributed by atoms with van der Waals surface area (Å²) < 4.78 is 1.36. The highest BCUT2D eigenvalue weighted by molar-refractivity contribution is 7.99. The lowest BCUT2D eigenvalue weighted by Crippen LogP contribution is -2.40. The highest BCUT2D eigenvalue weighted by Gasteiger charge is 2.20. The van der Waals surface area contributed by atoms with Crippen molar-refractivity contribution in [1.29, 1.82) is 0 Å². The smallest absolute Gasteiger partial charge is 0.275 e. The van der Waals surface area contributed by atoms with Crippen molar-refractivity contribution < 1.29 is 4.79 Å². The third-order valence-corrected chi connectivity index (χ3v) is 6.13. The van der Waals surface area contributed by atoms with Gasteiger partial charge in [-0.05, 0) is 25.2 Å². The lowest BCUT2D eigenvalue weighted by molar-refractivity contribution is -0.130. The van der Waals surface area contributed by atoms with Gasteiger partial charge in [0.1, 0.15) is 5.01 Å². The van der Waals surface area contributed by atoms with Crippen molar-refractivity contribution in [2.45, 2.75) is 38.9 Å². The number of aryl methyl sites for hydroxylation is 1. The van der Waals surface area contributed by atoms with Crippen molar-refractivity contribution in [3.05, 3.63) is 27.1 Å². The van der Waals surface area contributed by atoms with Gasteiger partial charge in [-0.15, -0.1) is 11.8 Å². The Labute approximate surface area is 149 Å². The van der Waals surface area contributed by atoms with Crippen molar-refractivity contribution in [3.63, 3.8) is 0 Å². The molecule has 0 radical (unpaired) electrons. The molecule has 2 aromatic rings. The first kappa shape index (κ1) is 17.4. The average Bonchev–Trinajstić information content (AvgIpc) is 2.98. The van der Waals surface area contributed by atoms with Crippen LogP contribution in [0, 0.1) is 5.92 Å². The minimum Gasteiger partial charge on any atom is -0.342 e. The standard InChI is InChI=1S/C16H22N4O2S2/c1-3-13-18-20-14(21)7-12(17-16(20)24-13)9-23-10-15(22)19-6-4-5-11(2)8-19/h7,11H,3-6,8-10H2,1-2H3/t11-/m1/s1. The van der Waals surface area contributed by atoms with E-state index in [2.05, 4.69) is 17.0 Å². The SMILES string of the molecule is CCc1nn2c(=O)cc(CSCC(=O)N3CCC[C@@H](C)C3)nc2s1. The average molecular weight is 367 g/mol. The zero-order chi connectivity index (χ0) is 17.1. The predicted octanol–water partition coefficient (Wildman–Crippen LogP) is 2.21. The molecule has 1 saturated heterocycles. The molecular weight excluding hydrogens is 344 g/mol. The van der Waals surface area contributed by atoms with Crippen LogP contribution in [0.4, 0.5) is 0 Å². The van der Waals surface area contributed by atoms with Crippen LogP contribution in [0.1, 0.15) is 37.4 Å². The van der Waals surface area contributed by atoms with Crippen molar-refractivity contribution in [1.82, 2.24) is 19.5 Å². The lowest BCUT2D eigenvalue weighted by Gasteiger charge is -2.30. The van der Waals surface area contributed by atoms with Crippen LogP contribution in [0.2, 0.25) is 0 Å². The van der Waals surface area contributed by atoms with Crippen LogP contribution in [0.25, 0.3) is 4.96 Å². The van der Waals surface area contributed by atoms with Crippen LogP contribution < -0.4 is 5.56 Å². The van der Waals surface area contributed by atoms with Crippen LogP contribution >= 0.6 is 23.1 Å². The van der Waals surface area contributed by atoms with Gasteiger partial charge in [0.2, 0.25) is 10.9 Å². The number of nitrogens with zero attached hydrogens (tertiary/aromatic N) is 4. The Hall–Kier alpha value is -1.41. The van der Waals surface area contributed by atoms with Crippen molar-refractivity contribution in [2.24, 2.45) is 5.92 Å². The van der Waals surface area contributed by atoms with E-state index in [9.17, 15) is 9.59 Å². The van der Waals surface area contributed by atoms with Gasteiger partial charge in [0, 0.05) is 24.9 Å². The Morgan fingerprint density at radius 3 is 3.08 bits per heavy atom. The molecule has 6 nitrogen and oxygen atoms in total. The third kappa shape index (κ3) is 3.97. The van der Waals surface area contributed by atoms with Gasteiger partial charge in [-0.3, -0.25) is 9.59 Å². The van der Waals surface area contributed by atoms with Gasteiger partial charge in [0.05, 0.1) is 11.4 Å². The first-order valence-electron chi connectivity index (χ1n) is 8.31. The van der Waals surface area contributed by atoms with E-state index in [1.54, 1.807) is 0 Å². The number of amides is 1. The van der Waals surface area contributed by atoms with Gasteiger partial charge in [-0.25, -0.2) is 4.98 Å². The number of piperidine rings is 1. The number of carbonyl (C=O) groups excluding carboxylic acids is 1. The van der Waals surface area contributed by atoms with Crippen LogP contribution in [0.15, 0.2) is 10.9 Å². The fourth-order valence-corrected chi connectivity index (χ4v) is 4.54. The molecule has 1 aliphatic heterocycles. The Kier molecular flexibility index (Phi) is 5.55. The number of thioether (sulfide) groups is 1. The summed E-state index contributed by atoms with van der Waals surface area (Å²) in [5.74, 6) is 1.79. The molecule has 0 N–H and O–H groups in total. The first-order chi connectivity index (χ1) is 11.6. The molecule has 0 spiro atoms. The molecule has 0 bridgehead atoms. The van der Waals surface area contributed by atoms with E-state index in [1.165, 1.54) is 40.1 Å². The monoisotopic (exact) mass is 366 g/mol. The number of hydrogen-bond acceptors (Lipinski definition) is 6. The molecule has 130 valence electrons. The molecule has 2 aromatic heterocycles. The zero-order valence-electron chi connectivity index (χ0n) is 14.0. The number of aromatic nitrogens is 3. The Morgan fingerprint density at radius 1 is 1.50 bits per heavy atom. The second-order valence-electron chi connectivity index (χ2n) is 6.21. The summed E-state index contributed by atoms with van der Waals surface area (Å²) in [5.41, 5.74) is 0.568. The predicted molar refractivity (Wildman–Crippen MR) is 97.7 cm³/mol. The molecule has 0 aliphatic carbocycles. The fourth-order valence-electron chi connectivity index (χ4n) is 2.86. The second-order valence-corrected chi connectivity index (χ2v) is 8.24. The van der Waals surface area contributed by atoms with Crippen molar-refractivity contribution in [3.8, 4) is 0 Å². The Bertz CT molecular complexity index is 786. The van der Waals surface area contributed by atoms with E-state index in [-0.39, 0.29) is 11.5 Å². The summed E-state index contributed by atoms with van der Waals surface area (Å²) >= 11 is 2.97. The lowest BCUT2D eigenvalue weighted by atomic mass is 10.0. The number of fused-ring (bicyclic) bond motifs is 1. The number of likely N-dealkylation sites (tertiary alicyclic amines) is 1. The van der Waals surface area contributed by atoms with Gasteiger partial charge in [0.25, 0.3) is 5.56 Å². The molecule has 0 unspecified atom stereocenters. The van der Waals surface area contributed by atoms with Crippen LogP contribution in [-0.4, -0.2) is 44.2 Å². The van der Waals surface area contributed by atoms with Gasteiger partial charge < -0.3 is 4.90 Å². The molecular formula is C16H22N4O2S2. The molecule has 1 atom stereocenters. The van der Waals surface area contributed by atoms with Gasteiger partial charge in [-0.2, -0.15) is 9.61 Å². The quantitative estimate of drug-likeness (QED) is 0.811. The number of hydrogen-bond donors (Lipinski definition) is 0. The summed E-state index contributed by atoms with van der Waals surface area (Å²) in [6, 6.07) is 1.52. The Morgan fingerprint density at radius 2 is 2.33 bits per heavy atom. The van der Waals surface area contributed by atoms with E-state index in [0.29, 0.717) is 22.4 Å². The molecule has 0 aromatic carbocycles. The van der Waals surface area contributed by atoms with Crippen LogP contribution in [-0.2, 0) is 17.0 Å². The minimum atomic E-state index is -0.150. The van der Waals surface area contributed by atoms with E-state index in [4.69, 9.17) is 0 Å². The third-order valence-electron chi connectivity index (χ3n) is 4.13. The summed E-state index contributed by atoms with van der Waals surface area (Å²) in [6.45, 7) is 5.94. The van der Waals surface area contributed by atoms with E-state index in [1.807, 2.05) is 11.8 Å². The highest BCUT2D eigenvalue weighted by atomic mass is 32.2. The van der Waals surface area contributed by atoms with E-state index >= 15 is 0 Å². The summed E-state index contributed by atoms with van der Waals surface area (Å²) in [6.07, 6.45) is 3.09. The second kappa shape index (κ2) is 7.65. The maximum absolute atomic E-state index is 12.3. The molecule has 3 rings (SSSR count). The largest absolute Gasteiger partial charge is 0.342 e. The zero-order valence-corrected chi connectivity index (χ0v) is 15.7. The van der Waals surface area contributed by atoms with Gasteiger partial charge >= 0.3 is 0 Å². The number of rotatable bonds is 5. The maximum Gasteiger partial charge on any atom is 0.275 e. The fraction of sp³-hybridized carbons (Fsp3) is 0.625. The summed E-state index contributed by atoms with van der Waals surface area (Å²) in [4.78, 5) is 31.4. The molecule has 1 fully saturated rings. The van der Waals surface area contributed by atoms with Gasteiger partial charge in [0.15, 0.2) is 0 Å². The maximum atomic E-state index is 12.3. The molecule has 3 heterocycles. The minimum absolute atomic E-state index is 0.150. The normalized spacial score (nSPS) is 18.2. The topological polar surface area (TPSA) is 67.6 Å². The van der Waals surface area contributed by atoms with Gasteiger partial charge in [-0.1, -0.05) is 25.2 Å². The molecule has 8 heteroatoms. The van der Waals surface area contributed by atoms with Crippen molar-refractivity contribution >= 4 is 34.0 Å². The number of carbonyl (C=O) groups is 1. The molecule has 0 saturated carbocycles. The summed E-state index contributed by atoms with van der Waals surface area (Å²) in [5, 5.41) is 5.14. The van der Waals surface area contributed by atoms with E-state index in [0.717, 1.165) is 36.6 Å². The molecule has 1 amide bonds. The van der Waals surface area contributed by atoms with Crippen molar-refractivity contribution in [2.75, 3.05) is 18.8 Å². The molecule has 24 heavy (non-hydrogen) atoms. The highest BCUT2D eigenvalue weighted by Crippen LogP contribution is 2.18. The first-order valence-corrected chi connectivity index (χ1v) is 10.3. The van der Waals surface area contributed by atoms with Crippen LogP contribution in [0.3, 0.4) is 0 Å².